The summed E-state index contributed by atoms with van der Waals surface area (Å²) in [6.07, 6.45) is 4.73. The summed E-state index contributed by atoms with van der Waals surface area (Å²) in [5.74, 6) is 0.247. The third-order valence-corrected chi connectivity index (χ3v) is 5.71. The minimum atomic E-state index is -0.367. The van der Waals surface area contributed by atoms with Crippen LogP contribution >= 0.6 is 0 Å². The Labute approximate surface area is 148 Å². The molecule has 3 amide bonds. The molecule has 0 bridgehead atoms. The molecule has 0 saturated carbocycles. The number of nitrogens with zero attached hydrogens (tertiary/aromatic N) is 3. The summed E-state index contributed by atoms with van der Waals surface area (Å²) in [6.45, 7) is 6.16. The van der Waals surface area contributed by atoms with Crippen LogP contribution in [0.5, 0.6) is 0 Å². The lowest BCUT2D eigenvalue weighted by molar-refractivity contribution is -0.148. The van der Waals surface area contributed by atoms with Gasteiger partial charge in [-0.2, -0.15) is 5.10 Å². The number of amides is 3. The van der Waals surface area contributed by atoms with Crippen molar-refractivity contribution >= 4 is 23.4 Å². The zero-order valence-corrected chi connectivity index (χ0v) is 15.2. The molecule has 1 atom stereocenters. The van der Waals surface area contributed by atoms with Gasteiger partial charge in [-0.05, 0) is 46.0 Å². The van der Waals surface area contributed by atoms with Crippen LogP contribution in [0.3, 0.4) is 0 Å². The standard InChI is InChI=1S/C18H28N4O3/c1-13(2)22-10-3-8-18(17(22)25)9-11-21(12-18)16(24)7-5-14-4-6-15(23)20-19-14/h13H,3-12H2,1-2H3,(H,20,23)/t18-/m0/s1. The molecule has 0 aromatic carbocycles. The van der Waals surface area contributed by atoms with E-state index < -0.39 is 0 Å². The smallest absolute Gasteiger partial charge is 0.240 e. The second-order valence-corrected chi connectivity index (χ2v) is 7.75. The molecule has 3 aliphatic heterocycles. The summed E-state index contributed by atoms with van der Waals surface area (Å²) in [4.78, 5) is 40.4. The lowest BCUT2D eigenvalue weighted by Crippen LogP contribution is -2.52. The van der Waals surface area contributed by atoms with Crippen LogP contribution in [0.4, 0.5) is 0 Å². The number of piperidine rings is 1. The van der Waals surface area contributed by atoms with Crippen LogP contribution in [0.15, 0.2) is 5.10 Å². The van der Waals surface area contributed by atoms with Crippen molar-refractivity contribution in [1.29, 1.82) is 0 Å². The van der Waals surface area contributed by atoms with E-state index in [1.807, 2.05) is 9.80 Å². The molecular weight excluding hydrogens is 320 g/mol. The number of hydrogen-bond acceptors (Lipinski definition) is 4. The van der Waals surface area contributed by atoms with Crippen LogP contribution in [0.2, 0.25) is 0 Å². The first-order valence-electron chi connectivity index (χ1n) is 9.34. The maximum atomic E-state index is 12.9. The lowest BCUT2D eigenvalue weighted by atomic mass is 9.78. The summed E-state index contributed by atoms with van der Waals surface area (Å²) >= 11 is 0. The van der Waals surface area contributed by atoms with Crippen LogP contribution in [0.25, 0.3) is 0 Å². The van der Waals surface area contributed by atoms with Crippen LogP contribution < -0.4 is 5.43 Å². The van der Waals surface area contributed by atoms with Gasteiger partial charge in [0, 0.05) is 44.2 Å². The maximum absolute atomic E-state index is 12.9. The molecule has 2 saturated heterocycles. The normalized spacial score (nSPS) is 27.1. The van der Waals surface area contributed by atoms with E-state index in [9.17, 15) is 14.4 Å². The molecular formula is C18H28N4O3. The first-order valence-corrected chi connectivity index (χ1v) is 9.34. The minimum Gasteiger partial charge on any atom is -0.342 e. The molecule has 3 heterocycles. The third kappa shape index (κ3) is 3.70. The van der Waals surface area contributed by atoms with Gasteiger partial charge < -0.3 is 9.80 Å². The minimum absolute atomic E-state index is 0.0675. The van der Waals surface area contributed by atoms with Gasteiger partial charge in [0.15, 0.2) is 0 Å². The molecule has 1 spiro atoms. The van der Waals surface area contributed by atoms with E-state index >= 15 is 0 Å². The van der Waals surface area contributed by atoms with Gasteiger partial charge in [0.2, 0.25) is 17.7 Å². The monoisotopic (exact) mass is 348 g/mol. The second-order valence-electron chi connectivity index (χ2n) is 7.75. The van der Waals surface area contributed by atoms with E-state index in [1.54, 1.807) is 0 Å². The second kappa shape index (κ2) is 7.14. The maximum Gasteiger partial charge on any atom is 0.240 e. The van der Waals surface area contributed by atoms with E-state index in [4.69, 9.17) is 0 Å². The van der Waals surface area contributed by atoms with E-state index in [1.165, 1.54) is 0 Å². The van der Waals surface area contributed by atoms with E-state index in [0.717, 1.165) is 31.5 Å². The molecule has 0 aromatic rings. The molecule has 2 fully saturated rings. The first kappa shape index (κ1) is 17.9. The predicted octanol–water partition coefficient (Wildman–Crippen LogP) is 1.28. The van der Waals surface area contributed by atoms with Gasteiger partial charge in [-0.1, -0.05) is 0 Å². The highest BCUT2D eigenvalue weighted by Gasteiger charge is 2.49. The van der Waals surface area contributed by atoms with Crippen molar-refractivity contribution < 1.29 is 14.4 Å². The molecule has 25 heavy (non-hydrogen) atoms. The Kier molecular flexibility index (Phi) is 5.11. The van der Waals surface area contributed by atoms with Gasteiger partial charge in [0.25, 0.3) is 0 Å². The van der Waals surface area contributed by atoms with E-state index in [-0.39, 0.29) is 29.2 Å². The number of carbonyl (C=O) groups excluding carboxylic acids is 3. The van der Waals surface area contributed by atoms with Crippen LogP contribution in [0.1, 0.15) is 58.8 Å². The topological polar surface area (TPSA) is 82.1 Å². The average Bonchev–Trinajstić information content (AvgIpc) is 3.02. The van der Waals surface area contributed by atoms with E-state index in [0.29, 0.717) is 38.8 Å². The van der Waals surface area contributed by atoms with Gasteiger partial charge in [-0.25, -0.2) is 5.43 Å². The number of carbonyl (C=O) groups is 3. The number of hydrogen-bond donors (Lipinski definition) is 1. The molecule has 0 unspecified atom stereocenters. The highest BCUT2D eigenvalue weighted by molar-refractivity contribution is 5.94. The molecule has 7 nitrogen and oxygen atoms in total. The SMILES string of the molecule is CC(C)N1CCC[C@@]2(CCN(C(=O)CCC3=NNC(=O)CC3)C2)C1=O. The number of nitrogens with one attached hydrogen (secondary N) is 1. The number of hydrazone groups is 1. The zero-order valence-electron chi connectivity index (χ0n) is 15.2. The average molecular weight is 348 g/mol. The van der Waals surface area contributed by atoms with Gasteiger partial charge in [-0.3, -0.25) is 14.4 Å². The third-order valence-electron chi connectivity index (χ3n) is 5.71. The molecule has 1 N–H and O–H groups in total. The quantitative estimate of drug-likeness (QED) is 0.831. The van der Waals surface area contributed by atoms with Crippen molar-refractivity contribution in [3.8, 4) is 0 Å². The van der Waals surface area contributed by atoms with Crippen molar-refractivity contribution in [1.82, 2.24) is 15.2 Å². The molecule has 0 aliphatic carbocycles. The fourth-order valence-electron chi connectivity index (χ4n) is 4.16. The van der Waals surface area contributed by atoms with Crippen LogP contribution in [0, 0.1) is 5.41 Å². The summed E-state index contributed by atoms with van der Waals surface area (Å²) in [5.41, 5.74) is 2.98. The molecule has 138 valence electrons. The van der Waals surface area contributed by atoms with Crippen molar-refractivity contribution in [2.45, 2.75) is 64.8 Å². The largest absolute Gasteiger partial charge is 0.342 e. The first-order chi connectivity index (χ1) is 11.9. The lowest BCUT2D eigenvalue weighted by Gasteiger charge is -2.41. The van der Waals surface area contributed by atoms with Crippen molar-refractivity contribution in [3.63, 3.8) is 0 Å². The fourth-order valence-corrected chi connectivity index (χ4v) is 4.16. The molecule has 3 aliphatic rings. The fraction of sp³-hybridized carbons (Fsp3) is 0.778. The Morgan fingerprint density at radius 1 is 1.24 bits per heavy atom. The molecule has 0 radical (unpaired) electrons. The van der Waals surface area contributed by atoms with Crippen molar-refractivity contribution in [2.24, 2.45) is 10.5 Å². The summed E-state index contributed by atoms with van der Waals surface area (Å²) in [7, 11) is 0. The summed E-state index contributed by atoms with van der Waals surface area (Å²) < 4.78 is 0. The van der Waals surface area contributed by atoms with Gasteiger partial charge >= 0.3 is 0 Å². The Morgan fingerprint density at radius 2 is 2.04 bits per heavy atom. The van der Waals surface area contributed by atoms with Gasteiger partial charge in [0.05, 0.1) is 5.41 Å². The van der Waals surface area contributed by atoms with Crippen molar-refractivity contribution in [3.05, 3.63) is 0 Å². The number of rotatable bonds is 4. The molecule has 0 aromatic heterocycles. The highest BCUT2D eigenvalue weighted by atomic mass is 16.2. The highest BCUT2D eigenvalue weighted by Crippen LogP contribution is 2.40. The summed E-state index contributed by atoms with van der Waals surface area (Å²) in [6, 6.07) is 0.217. The van der Waals surface area contributed by atoms with E-state index in [2.05, 4.69) is 24.4 Å². The zero-order chi connectivity index (χ0) is 18.0. The van der Waals surface area contributed by atoms with Crippen LogP contribution in [-0.4, -0.2) is 58.9 Å². The Bertz CT molecular complexity index is 601. The molecule has 7 heteroatoms. The molecule has 3 rings (SSSR count). The van der Waals surface area contributed by atoms with Crippen LogP contribution in [-0.2, 0) is 14.4 Å². The predicted molar refractivity (Wildman–Crippen MR) is 93.8 cm³/mol. The Balaban J connectivity index is 1.56. The Morgan fingerprint density at radius 3 is 2.72 bits per heavy atom. The van der Waals surface area contributed by atoms with Gasteiger partial charge in [0.1, 0.15) is 0 Å². The summed E-state index contributed by atoms with van der Waals surface area (Å²) in [5, 5.41) is 4.02. The van der Waals surface area contributed by atoms with Crippen molar-refractivity contribution in [2.75, 3.05) is 19.6 Å². The Hall–Kier alpha value is -1.92. The van der Waals surface area contributed by atoms with Gasteiger partial charge in [-0.15, -0.1) is 0 Å². The number of likely N-dealkylation sites (tertiary alicyclic amines) is 2.